The van der Waals surface area contributed by atoms with Crippen LogP contribution in [0.1, 0.15) is 112 Å². The SMILES string of the molecule is CCCCCCCC(CCCCCCC)N1CCN(C(C)(C)C)CC1. The second-order valence-electron chi connectivity index (χ2n) is 9.25. The van der Waals surface area contributed by atoms with E-state index in [-0.39, 0.29) is 0 Å². The van der Waals surface area contributed by atoms with Crippen LogP contribution in [0.3, 0.4) is 0 Å². The first-order chi connectivity index (χ1) is 12.0. The van der Waals surface area contributed by atoms with Crippen molar-refractivity contribution in [1.82, 2.24) is 9.80 Å². The van der Waals surface area contributed by atoms with Crippen LogP contribution in [-0.4, -0.2) is 47.6 Å². The third kappa shape index (κ3) is 9.99. The molecule has 0 N–H and O–H groups in total. The molecule has 0 unspecified atom stereocenters. The van der Waals surface area contributed by atoms with Gasteiger partial charge in [0.15, 0.2) is 0 Å². The zero-order valence-electron chi connectivity index (χ0n) is 18.3. The minimum atomic E-state index is 0.335. The summed E-state index contributed by atoms with van der Waals surface area (Å²) in [4.78, 5) is 5.50. The van der Waals surface area contributed by atoms with E-state index >= 15 is 0 Å². The molecule has 1 aliphatic rings. The molecular formula is C23H48N2. The average molecular weight is 353 g/mol. The van der Waals surface area contributed by atoms with Crippen LogP contribution in [0.15, 0.2) is 0 Å². The van der Waals surface area contributed by atoms with Crippen molar-refractivity contribution >= 4 is 0 Å². The normalized spacial score (nSPS) is 17.5. The molecule has 0 radical (unpaired) electrons. The average Bonchev–Trinajstić information content (AvgIpc) is 2.59. The number of nitrogens with zero attached hydrogens (tertiary/aromatic N) is 2. The second-order valence-corrected chi connectivity index (χ2v) is 9.25. The fourth-order valence-corrected chi connectivity index (χ4v) is 4.23. The van der Waals surface area contributed by atoms with E-state index < -0.39 is 0 Å². The maximum atomic E-state index is 2.84. The van der Waals surface area contributed by atoms with Crippen LogP contribution in [0, 0.1) is 0 Å². The summed E-state index contributed by atoms with van der Waals surface area (Å²) in [5.74, 6) is 0. The molecule has 0 atom stereocenters. The Labute approximate surface area is 159 Å². The Hall–Kier alpha value is -0.0800. The van der Waals surface area contributed by atoms with Crippen molar-refractivity contribution in [3.05, 3.63) is 0 Å². The van der Waals surface area contributed by atoms with Gasteiger partial charge in [-0.25, -0.2) is 0 Å². The van der Waals surface area contributed by atoms with Gasteiger partial charge in [-0.05, 0) is 33.6 Å². The van der Waals surface area contributed by atoms with Gasteiger partial charge in [0.25, 0.3) is 0 Å². The smallest absolute Gasteiger partial charge is 0.0126 e. The van der Waals surface area contributed by atoms with E-state index in [1.807, 2.05) is 0 Å². The first-order valence-corrected chi connectivity index (χ1v) is 11.5. The minimum Gasteiger partial charge on any atom is -0.298 e. The molecule has 1 heterocycles. The van der Waals surface area contributed by atoms with E-state index in [0.29, 0.717) is 5.54 Å². The van der Waals surface area contributed by atoms with Crippen LogP contribution in [0.5, 0.6) is 0 Å². The predicted molar refractivity (Wildman–Crippen MR) is 113 cm³/mol. The van der Waals surface area contributed by atoms with Crippen molar-refractivity contribution in [3.63, 3.8) is 0 Å². The standard InChI is InChI=1S/C23H48N2/c1-6-8-10-12-14-16-22(17-15-13-11-9-7-2)24-18-20-25(21-19-24)23(3,4)5/h22H,6-21H2,1-5H3. The van der Waals surface area contributed by atoms with Gasteiger partial charge in [0, 0.05) is 37.8 Å². The summed E-state index contributed by atoms with van der Waals surface area (Å²) in [6.07, 6.45) is 17.1. The van der Waals surface area contributed by atoms with Gasteiger partial charge >= 0.3 is 0 Å². The molecule has 1 fully saturated rings. The Morgan fingerprint density at radius 2 is 1.08 bits per heavy atom. The van der Waals surface area contributed by atoms with Crippen LogP contribution >= 0.6 is 0 Å². The fourth-order valence-electron chi connectivity index (χ4n) is 4.23. The zero-order valence-corrected chi connectivity index (χ0v) is 18.3. The van der Waals surface area contributed by atoms with Gasteiger partial charge in [-0.15, -0.1) is 0 Å². The Balaban J connectivity index is 2.38. The van der Waals surface area contributed by atoms with Crippen molar-refractivity contribution in [3.8, 4) is 0 Å². The van der Waals surface area contributed by atoms with E-state index in [2.05, 4.69) is 44.4 Å². The topological polar surface area (TPSA) is 6.48 Å². The maximum Gasteiger partial charge on any atom is 0.0126 e. The van der Waals surface area contributed by atoms with E-state index in [1.165, 1.54) is 103 Å². The number of rotatable bonds is 13. The van der Waals surface area contributed by atoms with Crippen LogP contribution in [0.4, 0.5) is 0 Å². The Morgan fingerprint density at radius 3 is 1.48 bits per heavy atom. The third-order valence-electron chi connectivity index (χ3n) is 6.06. The Bertz CT molecular complexity index is 286. The number of piperazine rings is 1. The van der Waals surface area contributed by atoms with Crippen molar-refractivity contribution in [2.24, 2.45) is 0 Å². The van der Waals surface area contributed by atoms with Crippen molar-refractivity contribution in [2.45, 2.75) is 123 Å². The summed E-state index contributed by atoms with van der Waals surface area (Å²) >= 11 is 0. The molecule has 2 heteroatoms. The lowest BCUT2D eigenvalue weighted by molar-refractivity contribution is 0.0368. The van der Waals surface area contributed by atoms with Crippen molar-refractivity contribution in [2.75, 3.05) is 26.2 Å². The quantitative estimate of drug-likeness (QED) is 0.349. The first kappa shape index (κ1) is 23.0. The number of hydrogen-bond acceptors (Lipinski definition) is 2. The van der Waals surface area contributed by atoms with Crippen LogP contribution in [0.2, 0.25) is 0 Å². The highest BCUT2D eigenvalue weighted by atomic mass is 15.3. The lowest BCUT2D eigenvalue weighted by Gasteiger charge is -2.45. The first-order valence-electron chi connectivity index (χ1n) is 11.5. The van der Waals surface area contributed by atoms with Crippen LogP contribution < -0.4 is 0 Å². The molecule has 2 nitrogen and oxygen atoms in total. The summed E-state index contributed by atoms with van der Waals surface area (Å²) in [5.41, 5.74) is 0.335. The summed E-state index contributed by atoms with van der Waals surface area (Å²) in [7, 11) is 0. The van der Waals surface area contributed by atoms with Gasteiger partial charge in [-0.3, -0.25) is 9.80 Å². The molecule has 1 rings (SSSR count). The number of unbranched alkanes of at least 4 members (excludes halogenated alkanes) is 8. The van der Waals surface area contributed by atoms with Crippen LogP contribution in [-0.2, 0) is 0 Å². The second kappa shape index (κ2) is 13.1. The molecule has 0 aromatic carbocycles. The van der Waals surface area contributed by atoms with E-state index in [1.54, 1.807) is 0 Å². The molecule has 0 spiro atoms. The highest BCUT2D eigenvalue weighted by Gasteiger charge is 2.28. The summed E-state index contributed by atoms with van der Waals surface area (Å²) < 4.78 is 0. The van der Waals surface area contributed by atoms with Crippen LogP contribution in [0.25, 0.3) is 0 Å². The molecule has 1 aliphatic heterocycles. The molecular weight excluding hydrogens is 304 g/mol. The molecule has 1 saturated heterocycles. The van der Waals surface area contributed by atoms with Crippen molar-refractivity contribution in [1.29, 1.82) is 0 Å². The number of hydrogen-bond donors (Lipinski definition) is 0. The highest BCUT2D eigenvalue weighted by molar-refractivity contribution is 4.84. The lowest BCUT2D eigenvalue weighted by Crippen LogP contribution is -2.55. The predicted octanol–water partition coefficient (Wildman–Crippen LogP) is 6.49. The van der Waals surface area contributed by atoms with E-state index in [9.17, 15) is 0 Å². The highest BCUT2D eigenvalue weighted by Crippen LogP contribution is 2.22. The Morgan fingerprint density at radius 1 is 0.640 bits per heavy atom. The molecule has 0 aromatic rings. The molecule has 0 aromatic heterocycles. The van der Waals surface area contributed by atoms with Gasteiger partial charge in [-0.1, -0.05) is 78.1 Å². The summed E-state index contributed by atoms with van der Waals surface area (Å²) in [6, 6.07) is 0.852. The molecule has 0 saturated carbocycles. The molecule has 25 heavy (non-hydrogen) atoms. The Kier molecular flexibility index (Phi) is 12.1. The molecule has 0 amide bonds. The summed E-state index contributed by atoms with van der Waals surface area (Å²) in [5, 5.41) is 0. The lowest BCUT2D eigenvalue weighted by atomic mass is 9.97. The zero-order chi connectivity index (χ0) is 18.5. The third-order valence-corrected chi connectivity index (χ3v) is 6.06. The maximum absolute atomic E-state index is 2.84. The monoisotopic (exact) mass is 352 g/mol. The largest absolute Gasteiger partial charge is 0.298 e. The van der Waals surface area contributed by atoms with Gasteiger partial charge in [-0.2, -0.15) is 0 Å². The van der Waals surface area contributed by atoms with E-state index in [0.717, 1.165) is 6.04 Å². The van der Waals surface area contributed by atoms with Gasteiger partial charge in [0.05, 0.1) is 0 Å². The van der Waals surface area contributed by atoms with Gasteiger partial charge < -0.3 is 0 Å². The molecule has 0 aliphatic carbocycles. The summed E-state index contributed by atoms with van der Waals surface area (Å²) in [6.45, 7) is 16.8. The van der Waals surface area contributed by atoms with Gasteiger partial charge in [0.1, 0.15) is 0 Å². The molecule has 0 bridgehead atoms. The van der Waals surface area contributed by atoms with Gasteiger partial charge in [0.2, 0.25) is 0 Å². The van der Waals surface area contributed by atoms with E-state index in [4.69, 9.17) is 0 Å². The van der Waals surface area contributed by atoms with Crippen molar-refractivity contribution < 1.29 is 0 Å². The fraction of sp³-hybridized carbons (Fsp3) is 1.00. The minimum absolute atomic E-state index is 0.335. The molecule has 150 valence electrons.